The second-order valence-corrected chi connectivity index (χ2v) is 2.19. The lowest BCUT2D eigenvalue weighted by atomic mass is 10.5. The van der Waals surface area contributed by atoms with Crippen LogP contribution in [0.2, 0.25) is 0 Å². The van der Waals surface area contributed by atoms with E-state index in [1.165, 1.54) is 0 Å². The number of ether oxygens (including phenoxy) is 1. The Bertz CT molecular complexity index is 178. The summed E-state index contributed by atoms with van der Waals surface area (Å²) in [5.41, 5.74) is 0. The smallest absolute Gasteiger partial charge is 0.213 e. The van der Waals surface area contributed by atoms with Crippen LogP contribution in [-0.4, -0.2) is 17.3 Å². The van der Waals surface area contributed by atoms with E-state index < -0.39 is 0 Å². The molecule has 0 aromatic carbocycles. The summed E-state index contributed by atoms with van der Waals surface area (Å²) in [7, 11) is 0. The van der Waals surface area contributed by atoms with Crippen LogP contribution in [0.15, 0.2) is 24.4 Å². The maximum Gasteiger partial charge on any atom is 0.213 e. The van der Waals surface area contributed by atoms with Gasteiger partial charge in [-0.1, -0.05) is 6.07 Å². The van der Waals surface area contributed by atoms with Crippen LogP contribution in [0.1, 0.15) is 0 Å². The molecule has 0 amide bonds. The molecule has 0 atom stereocenters. The second-order valence-electron chi connectivity index (χ2n) is 1.74. The fourth-order valence-corrected chi connectivity index (χ4v) is 0.674. The summed E-state index contributed by atoms with van der Waals surface area (Å²) in [6.45, 7) is 0.611. The Morgan fingerprint density at radius 1 is 1.50 bits per heavy atom. The van der Waals surface area contributed by atoms with Gasteiger partial charge in [0.15, 0.2) is 0 Å². The molecule has 0 N–H and O–H groups in total. The van der Waals surface area contributed by atoms with Gasteiger partial charge in [0.1, 0.15) is 0 Å². The average molecular weight is 155 g/mol. The molecule has 3 heteroatoms. The van der Waals surface area contributed by atoms with Crippen molar-refractivity contribution < 1.29 is 4.74 Å². The van der Waals surface area contributed by atoms with Gasteiger partial charge in [-0.2, -0.15) is 12.6 Å². The van der Waals surface area contributed by atoms with Crippen molar-refractivity contribution in [2.24, 2.45) is 0 Å². The third-order valence-electron chi connectivity index (χ3n) is 0.979. The Balaban J connectivity index is 2.43. The van der Waals surface area contributed by atoms with Crippen LogP contribution < -0.4 is 4.74 Å². The number of hydrogen-bond donors (Lipinski definition) is 1. The van der Waals surface area contributed by atoms with Crippen LogP contribution in [0, 0.1) is 0 Å². The maximum atomic E-state index is 5.17. The van der Waals surface area contributed by atoms with Gasteiger partial charge in [0, 0.05) is 18.0 Å². The van der Waals surface area contributed by atoms with Crippen molar-refractivity contribution in [2.45, 2.75) is 0 Å². The molecule has 2 nitrogen and oxygen atoms in total. The SMILES string of the molecule is SCCOc1ccccn1. The van der Waals surface area contributed by atoms with Gasteiger partial charge in [0.25, 0.3) is 0 Å². The van der Waals surface area contributed by atoms with Crippen LogP contribution in [0.3, 0.4) is 0 Å². The van der Waals surface area contributed by atoms with E-state index >= 15 is 0 Å². The molecule has 0 saturated heterocycles. The minimum absolute atomic E-state index is 0.611. The van der Waals surface area contributed by atoms with Crippen molar-refractivity contribution in [3.8, 4) is 5.88 Å². The van der Waals surface area contributed by atoms with Crippen LogP contribution in [-0.2, 0) is 0 Å². The van der Waals surface area contributed by atoms with E-state index in [2.05, 4.69) is 17.6 Å². The number of aromatic nitrogens is 1. The molecule has 0 saturated carbocycles. The standard InChI is InChI=1S/C7H9NOS/c10-6-5-9-7-3-1-2-4-8-7/h1-4,10H,5-6H2. The minimum Gasteiger partial charge on any atom is -0.477 e. The lowest BCUT2D eigenvalue weighted by Gasteiger charge is -1.99. The van der Waals surface area contributed by atoms with Gasteiger partial charge in [-0.3, -0.25) is 0 Å². The monoisotopic (exact) mass is 155 g/mol. The van der Waals surface area contributed by atoms with E-state index in [4.69, 9.17) is 4.74 Å². The van der Waals surface area contributed by atoms with Gasteiger partial charge in [0.05, 0.1) is 6.61 Å². The molecule has 0 spiro atoms. The predicted molar refractivity (Wildman–Crippen MR) is 43.6 cm³/mol. The Kier molecular flexibility index (Phi) is 3.09. The zero-order valence-electron chi connectivity index (χ0n) is 5.53. The van der Waals surface area contributed by atoms with Gasteiger partial charge in [-0.05, 0) is 6.07 Å². The maximum absolute atomic E-state index is 5.17. The third kappa shape index (κ3) is 2.27. The fraction of sp³-hybridized carbons (Fsp3) is 0.286. The first-order valence-corrected chi connectivity index (χ1v) is 3.71. The molecule has 1 rings (SSSR count). The molecule has 0 unspecified atom stereocenters. The summed E-state index contributed by atoms with van der Waals surface area (Å²) in [5.74, 6) is 1.38. The van der Waals surface area contributed by atoms with Crippen LogP contribution in [0.25, 0.3) is 0 Å². The normalized spacial score (nSPS) is 9.30. The topological polar surface area (TPSA) is 22.1 Å². The van der Waals surface area contributed by atoms with Crippen LogP contribution >= 0.6 is 12.6 Å². The number of rotatable bonds is 3. The predicted octanol–water partition coefficient (Wildman–Crippen LogP) is 1.39. The Morgan fingerprint density at radius 3 is 3.00 bits per heavy atom. The number of nitrogens with zero attached hydrogens (tertiary/aromatic N) is 1. The highest BCUT2D eigenvalue weighted by Gasteiger charge is 1.88. The molecular formula is C7H9NOS. The molecule has 1 aromatic heterocycles. The molecule has 54 valence electrons. The van der Waals surface area contributed by atoms with Crippen molar-refractivity contribution in [3.05, 3.63) is 24.4 Å². The highest BCUT2D eigenvalue weighted by atomic mass is 32.1. The molecule has 10 heavy (non-hydrogen) atoms. The molecule has 1 aromatic rings. The first-order valence-electron chi connectivity index (χ1n) is 3.08. The molecule has 0 bridgehead atoms. The summed E-state index contributed by atoms with van der Waals surface area (Å²) in [5, 5.41) is 0. The minimum atomic E-state index is 0.611. The zero-order chi connectivity index (χ0) is 7.23. The zero-order valence-corrected chi connectivity index (χ0v) is 6.42. The van der Waals surface area contributed by atoms with Crippen LogP contribution in [0.4, 0.5) is 0 Å². The van der Waals surface area contributed by atoms with Crippen molar-refractivity contribution in [1.29, 1.82) is 0 Å². The quantitative estimate of drug-likeness (QED) is 0.666. The Hall–Kier alpha value is -0.700. The first kappa shape index (κ1) is 7.41. The highest BCUT2D eigenvalue weighted by molar-refractivity contribution is 7.80. The number of thiol groups is 1. The lowest BCUT2D eigenvalue weighted by molar-refractivity contribution is 0.331. The van der Waals surface area contributed by atoms with Crippen molar-refractivity contribution in [2.75, 3.05) is 12.4 Å². The van der Waals surface area contributed by atoms with E-state index in [1.807, 2.05) is 18.2 Å². The molecule has 0 aliphatic heterocycles. The number of hydrogen-bond acceptors (Lipinski definition) is 3. The fourth-order valence-electron chi connectivity index (χ4n) is 0.583. The van der Waals surface area contributed by atoms with Gasteiger partial charge in [-0.25, -0.2) is 4.98 Å². The van der Waals surface area contributed by atoms with E-state index in [0.29, 0.717) is 12.5 Å². The van der Waals surface area contributed by atoms with Crippen molar-refractivity contribution >= 4 is 12.6 Å². The van der Waals surface area contributed by atoms with Gasteiger partial charge in [0.2, 0.25) is 5.88 Å². The summed E-state index contributed by atoms with van der Waals surface area (Å²) in [4.78, 5) is 3.96. The van der Waals surface area contributed by atoms with E-state index in [-0.39, 0.29) is 0 Å². The lowest BCUT2D eigenvalue weighted by Crippen LogP contribution is -1.98. The summed E-state index contributed by atoms with van der Waals surface area (Å²) >= 11 is 4.00. The summed E-state index contributed by atoms with van der Waals surface area (Å²) in [6, 6.07) is 5.57. The molecule has 0 fully saturated rings. The largest absolute Gasteiger partial charge is 0.477 e. The highest BCUT2D eigenvalue weighted by Crippen LogP contribution is 2.02. The molecular weight excluding hydrogens is 146 g/mol. The molecule has 0 aliphatic rings. The average Bonchev–Trinajstić information content (AvgIpc) is 2.03. The van der Waals surface area contributed by atoms with Crippen molar-refractivity contribution in [1.82, 2.24) is 4.98 Å². The van der Waals surface area contributed by atoms with Gasteiger partial charge < -0.3 is 4.74 Å². The van der Waals surface area contributed by atoms with Crippen LogP contribution in [0.5, 0.6) is 5.88 Å². The van der Waals surface area contributed by atoms with E-state index in [1.54, 1.807) is 6.20 Å². The second kappa shape index (κ2) is 4.17. The summed E-state index contributed by atoms with van der Waals surface area (Å²) in [6.07, 6.45) is 1.70. The Labute approximate surface area is 65.6 Å². The molecule has 1 heterocycles. The first-order chi connectivity index (χ1) is 4.93. The summed E-state index contributed by atoms with van der Waals surface area (Å²) < 4.78 is 5.17. The third-order valence-corrected chi connectivity index (χ3v) is 1.16. The van der Waals surface area contributed by atoms with Gasteiger partial charge >= 0.3 is 0 Å². The molecule has 0 aliphatic carbocycles. The van der Waals surface area contributed by atoms with Gasteiger partial charge in [-0.15, -0.1) is 0 Å². The van der Waals surface area contributed by atoms with E-state index in [0.717, 1.165) is 5.75 Å². The Morgan fingerprint density at radius 2 is 2.40 bits per heavy atom. The number of pyridine rings is 1. The molecule has 0 radical (unpaired) electrons. The van der Waals surface area contributed by atoms with E-state index in [9.17, 15) is 0 Å². The van der Waals surface area contributed by atoms with Crippen molar-refractivity contribution in [3.63, 3.8) is 0 Å².